The first-order valence-electron chi connectivity index (χ1n) is 7.16. The zero-order chi connectivity index (χ0) is 16.3. The van der Waals surface area contributed by atoms with E-state index in [1.165, 1.54) is 18.2 Å². The minimum atomic E-state index is -1.08. The van der Waals surface area contributed by atoms with Crippen molar-refractivity contribution in [3.8, 4) is 0 Å². The van der Waals surface area contributed by atoms with E-state index in [1.54, 1.807) is 6.92 Å². The third-order valence-electron chi connectivity index (χ3n) is 3.55. The number of carboxylic acids is 1. The van der Waals surface area contributed by atoms with Crippen LogP contribution in [0.2, 0.25) is 0 Å². The molecule has 0 aliphatic rings. The minimum absolute atomic E-state index is 0.0170. The minimum Gasteiger partial charge on any atom is -0.480 e. The molecule has 1 aromatic heterocycles. The SMILES string of the molecule is CCCC[C@H](NC(=O)c1oc2ccc(F)cc2c1C)C(=O)O. The number of unbranched alkanes of at least 4 members (excludes halogenated alkanes) is 1. The lowest BCUT2D eigenvalue weighted by Crippen LogP contribution is -2.40. The van der Waals surface area contributed by atoms with Crippen LogP contribution in [0.4, 0.5) is 4.39 Å². The van der Waals surface area contributed by atoms with Crippen molar-refractivity contribution in [3.05, 3.63) is 35.3 Å². The largest absolute Gasteiger partial charge is 0.480 e. The molecule has 0 fully saturated rings. The van der Waals surface area contributed by atoms with Crippen LogP contribution in [0, 0.1) is 12.7 Å². The molecule has 0 saturated carbocycles. The first kappa shape index (κ1) is 16.0. The lowest BCUT2D eigenvalue weighted by Gasteiger charge is -2.13. The van der Waals surface area contributed by atoms with Crippen LogP contribution in [0.3, 0.4) is 0 Å². The summed E-state index contributed by atoms with van der Waals surface area (Å²) in [6, 6.07) is 3.02. The fourth-order valence-corrected chi connectivity index (χ4v) is 2.30. The van der Waals surface area contributed by atoms with Crippen LogP contribution >= 0.6 is 0 Å². The molecule has 2 N–H and O–H groups in total. The second-order valence-corrected chi connectivity index (χ2v) is 5.20. The van der Waals surface area contributed by atoms with Gasteiger partial charge in [0.25, 0.3) is 5.91 Å². The van der Waals surface area contributed by atoms with Gasteiger partial charge in [-0.25, -0.2) is 9.18 Å². The molecule has 2 aromatic rings. The van der Waals surface area contributed by atoms with E-state index >= 15 is 0 Å². The van der Waals surface area contributed by atoms with Crippen LogP contribution in [-0.2, 0) is 4.79 Å². The zero-order valence-electron chi connectivity index (χ0n) is 12.5. The van der Waals surface area contributed by atoms with Gasteiger partial charge in [-0.3, -0.25) is 4.79 Å². The second kappa shape index (κ2) is 6.60. The fraction of sp³-hybridized carbons (Fsp3) is 0.375. The van der Waals surface area contributed by atoms with Crippen LogP contribution in [0.15, 0.2) is 22.6 Å². The summed E-state index contributed by atoms with van der Waals surface area (Å²) in [6.45, 7) is 3.58. The van der Waals surface area contributed by atoms with Crippen molar-refractivity contribution in [2.75, 3.05) is 0 Å². The predicted molar refractivity (Wildman–Crippen MR) is 79.3 cm³/mol. The molecule has 118 valence electrons. The molecule has 0 radical (unpaired) electrons. The van der Waals surface area contributed by atoms with E-state index < -0.39 is 23.7 Å². The van der Waals surface area contributed by atoms with Gasteiger partial charge >= 0.3 is 5.97 Å². The van der Waals surface area contributed by atoms with Gasteiger partial charge in [-0.1, -0.05) is 19.8 Å². The molecule has 0 spiro atoms. The summed E-state index contributed by atoms with van der Waals surface area (Å²) in [7, 11) is 0. The number of carbonyl (C=O) groups excluding carboxylic acids is 1. The maximum atomic E-state index is 13.3. The predicted octanol–water partition coefficient (Wildman–Crippen LogP) is 3.25. The number of aliphatic carboxylic acids is 1. The molecular formula is C16H18FNO4. The van der Waals surface area contributed by atoms with E-state index in [-0.39, 0.29) is 5.76 Å². The number of benzene rings is 1. The van der Waals surface area contributed by atoms with Crippen LogP contribution in [0.1, 0.15) is 42.3 Å². The van der Waals surface area contributed by atoms with E-state index in [4.69, 9.17) is 9.52 Å². The quantitative estimate of drug-likeness (QED) is 0.858. The first-order valence-corrected chi connectivity index (χ1v) is 7.16. The summed E-state index contributed by atoms with van der Waals surface area (Å²) in [5.41, 5.74) is 0.885. The number of fused-ring (bicyclic) bond motifs is 1. The summed E-state index contributed by atoms with van der Waals surface area (Å²) in [4.78, 5) is 23.4. The molecule has 0 bridgehead atoms. The van der Waals surface area contributed by atoms with Crippen LogP contribution in [-0.4, -0.2) is 23.0 Å². The molecule has 2 rings (SSSR count). The Balaban J connectivity index is 2.25. The Labute approximate surface area is 127 Å². The molecule has 0 aliphatic carbocycles. The fourth-order valence-electron chi connectivity index (χ4n) is 2.30. The van der Waals surface area contributed by atoms with Gasteiger partial charge in [0, 0.05) is 10.9 Å². The highest BCUT2D eigenvalue weighted by Gasteiger charge is 2.24. The summed E-state index contributed by atoms with van der Waals surface area (Å²) in [6.07, 6.45) is 1.88. The highest BCUT2D eigenvalue weighted by Crippen LogP contribution is 2.26. The molecule has 0 unspecified atom stereocenters. The summed E-state index contributed by atoms with van der Waals surface area (Å²) >= 11 is 0. The lowest BCUT2D eigenvalue weighted by molar-refractivity contribution is -0.139. The van der Waals surface area contributed by atoms with Crippen molar-refractivity contribution in [1.82, 2.24) is 5.32 Å². The Morgan fingerprint density at radius 3 is 2.77 bits per heavy atom. The monoisotopic (exact) mass is 307 g/mol. The van der Waals surface area contributed by atoms with Gasteiger partial charge in [-0.2, -0.15) is 0 Å². The molecule has 1 heterocycles. The number of nitrogens with one attached hydrogen (secondary N) is 1. The van der Waals surface area contributed by atoms with Gasteiger partial charge in [0.1, 0.15) is 17.4 Å². The second-order valence-electron chi connectivity index (χ2n) is 5.20. The van der Waals surface area contributed by atoms with Crippen molar-refractivity contribution < 1.29 is 23.5 Å². The van der Waals surface area contributed by atoms with E-state index in [9.17, 15) is 14.0 Å². The molecule has 0 saturated heterocycles. The van der Waals surface area contributed by atoms with Gasteiger partial charge in [-0.15, -0.1) is 0 Å². The lowest BCUT2D eigenvalue weighted by atomic mass is 10.1. The van der Waals surface area contributed by atoms with Crippen molar-refractivity contribution in [1.29, 1.82) is 0 Å². The number of halogens is 1. The third-order valence-corrected chi connectivity index (χ3v) is 3.55. The summed E-state index contributed by atoms with van der Waals surface area (Å²) in [5, 5.41) is 12.1. The van der Waals surface area contributed by atoms with E-state index in [0.29, 0.717) is 29.4 Å². The number of amides is 1. The maximum absolute atomic E-state index is 13.3. The van der Waals surface area contributed by atoms with Crippen molar-refractivity contribution >= 4 is 22.8 Å². The molecule has 1 amide bonds. The zero-order valence-corrected chi connectivity index (χ0v) is 12.5. The summed E-state index contributed by atoms with van der Waals surface area (Å²) in [5.74, 6) is -2.09. The third kappa shape index (κ3) is 3.27. The number of carbonyl (C=O) groups is 2. The number of hydrogen-bond donors (Lipinski definition) is 2. The number of aryl methyl sites for hydroxylation is 1. The average Bonchev–Trinajstić information content (AvgIpc) is 2.80. The molecule has 22 heavy (non-hydrogen) atoms. The molecular weight excluding hydrogens is 289 g/mol. The normalized spacial score (nSPS) is 12.3. The van der Waals surface area contributed by atoms with Crippen molar-refractivity contribution in [2.24, 2.45) is 0 Å². The van der Waals surface area contributed by atoms with Gasteiger partial charge < -0.3 is 14.8 Å². The molecule has 0 aliphatic heterocycles. The number of rotatable bonds is 6. The molecule has 5 nitrogen and oxygen atoms in total. The van der Waals surface area contributed by atoms with Crippen LogP contribution in [0.5, 0.6) is 0 Å². The van der Waals surface area contributed by atoms with Gasteiger partial charge in [0.15, 0.2) is 5.76 Å². The Bertz CT molecular complexity index is 707. The molecule has 1 atom stereocenters. The highest BCUT2D eigenvalue weighted by atomic mass is 19.1. The van der Waals surface area contributed by atoms with Crippen molar-refractivity contribution in [2.45, 2.75) is 39.2 Å². The Morgan fingerprint density at radius 1 is 1.41 bits per heavy atom. The number of hydrogen-bond acceptors (Lipinski definition) is 3. The molecule has 1 aromatic carbocycles. The summed E-state index contributed by atoms with van der Waals surface area (Å²) < 4.78 is 18.7. The number of furan rings is 1. The first-order chi connectivity index (χ1) is 10.4. The Hall–Kier alpha value is -2.37. The standard InChI is InChI=1S/C16H18FNO4/c1-3-4-5-12(16(20)21)18-15(19)14-9(2)11-8-10(17)6-7-13(11)22-14/h6-8,12H,3-5H2,1-2H3,(H,18,19)(H,20,21)/t12-/m0/s1. The van der Waals surface area contributed by atoms with Crippen LogP contribution in [0.25, 0.3) is 11.0 Å². The topological polar surface area (TPSA) is 79.5 Å². The smallest absolute Gasteiger partial charge is 0.326 e. The van der Waals surface area contributed by atoms with E-state index in [1.807, 2.05) is 6.92 Å². The van der Waals surface area contributed by atoms with Gasteiger partial charge in [-0.05, 0) is 31.5 Å². The number of carboxylic acid groups (broad SMARTS) is 1. The van der Waals surface area contributed by atoms with E-state index in [2.05, 4.69) is 5.32 Å². The van der Waals surface area contributed by atoms with Gasteiger partial charge in [0.05, 0.1) is 0 Å². The van der Waals surface area contributed by atoms with E-state index in [0.717, 1.165) is 6.42 Å². The van der Waals surface area contributed by atoms with Gasteiger partial charge in [0.2, 0.25) is 0 Å². The van der Waals surface area contributed by atoms with Crippen molar-refractivity contribution in [3.63, 3.8) is 0 Å². The van der Waals surface area contributed by atoms with Crippen LogP contribution < -0.4 is 5.32 Å². The Morgan fingerprint density at radius 2 is 2.14 bits per heavy atom. The highest BCUT2D eigenvalue weighted by molar-refractivity contribution is 6.00. The Kier molecular flexibility index (Phi) is 4.80. The average molecular weight is 307 g/mol. The molecule has 6 heteroatoms. The maximum Gasteiger partial charge on any atom is 0.326 e.